The normalized spacial score (nSPS) is 25.9. The molecule has 31 heavy (non-hydrogen) atoms. The Morgan fingerprint density at radius 3 is 2.39 bits per heavy atom. The minimum Gasteiger partial charge on any atom is -0.459 e. The van der Waals surface area contributed by atoms with Gasteiger partial charge in [0.2, 0.25) is 5.91 Å². The molecule has 0 spiro atoms. The molecule has 8 heteroatoms. The number of carbonyl (C=O) groups excluding carboxylic acids is 3. The van der Waals surface area contributed by atoms with Crippen LogP contribution >= 0.6 is 12.2 Å². The monoisotopic (exact) mass is 442 g/mol. The number of rotatable bonds is 5. The van der Waals surface area contributed by atoms with Gasteiger partial charge in [0.15, 0.2) is 0 Å². The first kappa shape index (κ1) is 21.5. The molecule has 0 unspecified atom stereocenters. The summed E-state index contributed by atoms with van der Waals surface area (Å²) in [5.74, 6) is -1.33. The number of fused-ring (bicyclic) bond motifs is 3. The third-order valence-corrected chi connectivity index (χ3v) is 6.72. The highest BCUT2D eigenvalue weighted by Crippen LogP contribution is 2.38. The van der Waals surface area contributed by atoms with Crippen molar-refractivity contribution in [2.45, 2.75) is 51.7 Å². The average Bonchev–Trinajstić information content (AvgIpc) is 3.05. The number of aromatic nitrogens is 1. The smallest absolute Gasteiger partial charge is 0.303 e. The molecule has 2 fully saturated rings. The van der Waals surface area contributed by atoms with Crippen LogP contribution in [0, 0.1) is 11.8 Å². The van der Waals surface area contributed by atoms with Crippen LogP contribution < -0.4 is 0 Å². The SMILES string of the molecule is CC(=O)O[C@H]1C[C@H]2C[C@@H](C[C@H]1OC(C)=O)C(=O)N(CCc1c[nH]c3ccccc13)C2=S. The van der Waals surface area contributed by atoms with E-state index in [9.17, 15) is 14.4 Å². The number of H-pyrrole nitrogens is 1. The summed E-state index contributed by atoms with van der Waals surface area (Å²) >= 11 is 5.70. The molecule has 1 aliphatic carbocycles. The first-order valence-corrected chi connectivity index (χ1v) is 11.0. The summed E-state index contributed by atoms with van der Waals surface area (Å²) in [6.45, 7) is 3.14. The molecule has 1 saturated carbocycles. The van der Waals surface area contributed by atoms with Crippen LogP contribution in [0.3, 0.4) is 0 Å². The molecule has 0 radical (unpaired) electrons. The minimum atomic E-state index is -0.642. The number of thiocarbonyl (C=S) groups is 1. The Bertz CT molecular complexity index is 990. The van der Waals surface area contributed by atoms with Gasteiger partial charge in [0, 0.05) is 49.3 Å². The lowest BCUT2D eigenvalue weighted by atomic mass is 9.87. The van der Waals surface area contributed by atoms with Gasteiger partial charge in [0.05, 0.1) is 4.99 Å². The number of hydrogen-bond acceptors (Lipinski definition) is 6. The number of hydrogen-bond donors (Lipinski definition) is 1. The van der Waals surface area contributed by atoms with Gasteiger partial charge in [0.1, 0.15) is 12.2 Å². The quantitative estimate of drug-likeness (QED) is 0.565. The number of ether oxygens (including phenoxy) is 2. The Hall–Kier alpha value is -2.74. The minimum absolute atomic E-state index is 0.0401. The summed E-state index contributed by atoms with van der Waals surface area (Å²) in [5, 5.41) is 1.14. The Balaban J connectivity index is 1.54. The predicted molar refractivity (Wildman–Crippen MR) is 118 cm³/mol. The van der Waals surface area contributed by atoms with E-state index in [4.69, 9.17) is 21.7 Å². The second-order valence-corrected chi connectivity index (χ2v) is 8.75. The van der Waals surface area contributed by atoms with E-state index >= 15 is 0 Å². The molecule has 1 aromatic heterocycles. The second kappa shape index (κ2) is 8.78. The van der Waals surface area contributed by atoms with Crippen molar-refractivity contribution in [2.24, 2.45) is 11.8 Å². The third kappa shape index (κ3) is 4.49. The van der Waals surface area contributed by atoms with E-state index in [0.29, 0.717) is 37.2 Å². The second-order valence-electron chi connectivity index (χ2n) is 8.33. The van der Waals surface area contributed by atoms with Crippen LogP contribution in [0.15, 0.2) is 30.5 Å². The van der Waals surface area contributed by atoms with Crippen LogP contribution in [0.2, 0.25) is 0 Å². The topological polar surface area (TPSA) is 88.7 Å². The van der Waals surface area contributed by atoms with Crippen LogP contribution in [0.1, 0.15) is 38.7 Å². The fourth-order valence-electron chi connectivity index (χ4n) is 4.82. The standard InChI is InChI=1S/C23H26N2O5S/c1-13(26)29-20-10-16-9-17(11-21(20)30-14(2)27)23(31)25(22(16)28)8-7-15-12-24-19-6-4-3-5-18(15)19/h3-6,12,16-17,20-21,24H,7-11H2,1-2H3/t16-,17+,20+,21-/m0/s1. The summed E-state index contributed by atoms with van der Waals surface area (Å²) in [4.78, 5) is 42.1. The van der Waals surface area contributed by atoms with Gasteiger partial charge in [-0.3, -0.25) is 14.4 Å². The number of piperidine rings is 1. The number of para-hydroxylation sites is 1. The van der Waals surface area contributed by atoms with Crippen molar-refractivity contribution in [3.05, 3.63) is 36.0 Å². The zero-order valence-electron chi connectivity index (χ0n) is 17.6. The summed E-state index contributed by atoms with van der Waals surface area (Å²) < 4.78 is 10.9. The van der Waals surface area contributed by atoms with Gasteiger partial charge in [-0.1, -0.05) is 30.4 Å². The fourth-order valence-corrected chi connectivity index (χ4v) is 5.19. The molecule has 1 aliphatic heterocycles. The highest BCUT2D eigenvalue weighted by Gasteiger charge is 2.46. The van der Waals surface area contributed by atoms with Crippen LogP contribution in [0.25, 0.3) is 10.9 Å². The highest BCUT2D eigenvalue weighted by atomic mass is 32.1. The number of carbonyl (C=O) groups is 3. The van der Waals surface area contributed by atoms with Crippen molar-refractivity contribution in [3.63, 3.8) is 0 Å². The summed E-state index contributed by atoms with van der Waals surface area (Å²) in [5.41, 5.74) is 2.20. The Morgan fingerprint density at radius 1 is 1.06 bits per heavy atom. The zero-order chi connectivity index (χ0) is 22.1. The van der Waals surface area contributed by atoms with Crippen molar-refractivity contribution < 1.29 is 23.9 Å². The van der Waals surface area contributed by atoms with E-state index in [-0.39, 0.29) is 17.7 Å². The molecule has 2 heterocycles. The number of amides is 1. The maximum atomic E-state index is 13.3. The molecule has 7 nitrogen and oxygen atoms in total. The lowest BCUT2D eigenvalue weighted by molar-refractivity contribution is -0.166. The van der Waals surface area contributed by atoms with E-state index < -0.39 is 24.1 Å². The number of benzene rings is 1. The molecule has 4 atom stereocenters. The molecule has 164 valence electrons. The Kier molecular flexibility index (Phi) is 6.09. The summed E-state index contributed by atoms with van der Waals surface area (Å²) in [6, 6.07) is 8.06. The fraction of sp³-hybridized carbons (Fsp3) is 0.478. The van der Waals surface area contributed by atoms with Crippen LogP contribution in [-0.2, 0) is 30.3 Å². The van der Waals surface area contributed by atoms with E-state index in [1.54, 1.807) is 4.90 Å². The van der Waals surface area contributed by atoms with Crippen molar-refractivity contribution >= 4 is 46.0 Å². The van der Waals surface area contributed by atoms with Crippen LogP contribution in [-0.4, -0.2) is 51.5 Å². The largest absolute Gasteiger partial charge is 0.459 e. The van der Waals surface area contributed by atoms with Crippen LogP contribution in [0.4, 0.5) is 0 Å². The van der Waals surface area contributed by atoms with Crippen LogP contribution in [0.5, 0.6) is 0 Å². The number of esters is 2. The van der Waals surface area contributed by atoms with E-state index in [0.717, 1.165) is 16.5 Å². The molecule has 1 N–H and O–H groups in total. The van der Waals surface area contributed by atoms with Gasteiger partial charge in [-0.2, -0.15) is 0 Å². The van der Waals surface area contributed by atoms with Gasteiger partial charge in [-0.25, -0.2) is 0 Å². The first-order chi connectivity index (χ1) is 14.8. The summed E-state index contributed by atoms with van der Waals surface area (Å²) in [7, 11) is 0. The van der Waals surface area contributed by atoms with E-state index in [1.807, 2.05) is 24.4 Å². The first-order valence-electron chi connectivity index (χ1n) is 10.6. The predicted octanol–water partition coefficient (Wildman–Crippen LogP) is 3.16. The number of aromatic amines is 1. The molecule has 1 amide bonds. The molecular formula is C23H26N2O5S. The van der Waals surface area contributed by atoms with Crippen molar-refractivity contribution in [3.8, 4) is 0 Å². The van der Waals surface area contributed by atoms with Gasteiger partial charge < -0.3 is 19.4 Å². The Labute approximate surface area is 186 Å². The van der Waals surface area contributed by atoms with Crippen molar-refractivity contribution in [1.29, 1.82) is 0 Å². The lowest BCUT2D eigenvalue weighted by Crippen LogP contribution is -2.49. The molecule has 1 saturated heterocycles. The summed E-state index contributed by atoms with van der Waals surface area (Å²) in [6.07, 6.45) is 2.78. The van der Waals surface area contributed by atoms with Crippen molar-refractivity contribution in [1.82, 2.24) is 9.88 Å². The maximum Gasteiger partial charge on any atom is 0.303 e. The van der Waals surface area contributed by atoms with E-state index in [2.05, 4.69) is 11.1 Å². The number of nitrogens with zero attached hydrogens (tertiary/aromatic N) is 1. The lowest BCUT2D eigenvalue weighted by Gasteiger charge is -2.36. The zero-order valence-corrected chi connectivity index (χ0v) is 18.4. The molecule has 4 rings (SSSR count). The Morgan fingerprint density at radius 2 is 1.71 bits per heavy atom. The van der Waals surface area contributed by atoms with E-state index in [1.165, 1.54) is 13.8 Å². The average molecular weight is 443 g/mol. The molecule has 2 aliphatic rings. The molecular weight excluding hydrogens is 416 g/mol. The van der Waals surface area contributed by atoms with Gasteiger partial charge >= 0.3 is 11.9 Å². The van der Waals surface area contributed by atoms with Crippen molar-refractivity contribution in [2.75, 3.05) is 6.54 Å². The van der Waals surface area contributed by atoms with Gasteiger partial charge in [-0.05, 0) is 37.3 Å². The molecule has 1 aromatic carbocycles. The number of nitrogens with one attached hydrogen (secondary N) is 1. The highest BCUT2D eigenvalue weighted by molar-refractivity contribution is 7.80. The van der Waals surface area contributed by atoms with Gasteiger partial charge in [-0.15, -0.1) is 0 Å². The molecule has 2 aromatic rings. The van der Waals surface area contributed by atoms with Gasteiger partial charge in [0.25, 0.3) is 0 Å². The number of likely N-dealkylation sites (tertiary alicyclic amines) is 1. The molecule has 2 bridgehead atoms. The maximum absolute atomic E-state index is 13.3. The third-order valence-electron chi connectivity index (χ3n) is 6.16.